The summed E-state index contributed by atoms with van der Waals surface area (Å²) in [6.07, 6.45) is 1.62. The van der Waals surface area contributed by atoms with Crippen LogP contribution in [0.15, 0.2) is 17.0 Å². The summed E-state index contributed by atoms with van der Waals surface area (Å²) in [6.45, 7) is 4.83. The third kappa shape index (κ3) is 3.37. The predicted octanol–water partition coefficient (Wildman–Crippen LogP) is 3.30. The minimum absolute atomic E-state index is 0.00911. The molecule has 118 valence electrons. The lowest BCUT2D eigenvalue weighted by molar-refractivity contribution is 0.196. The summed E-state index contributed by atoms with van der Waals surface area (Å²) in [4.78, 5) is 0.0114. The van der Waals surface area contributed by atoms with Crippen LogP contribution in [0.2, 0.25) is 10.0 Å². The van der Waals surface area contributed by atoms with Gasteiger partial charge in [-0.1, -0.05) is 37.0 Å². The topological polar surface area (TPSA) is 57.6 Å². The number of sulfonamides is 1. The highest BCUT2D eigenvalue weighted by atomic mass is 35.5. The second-order valence-corrected chi connectivity index (χ2v) is 8.76. The predicted molar refractivity (Wildman–Crippen MR) is 84.2 cm³/mol. The summed E-state index contributed by atoms with van der Waals surface area (Å²) >= 11 is 12.0. The van der Waals surface area contributed by atoms with Crippen LogP contribution in [0.5, 0.6) is 0 Å². The molecule has 0 spiro atoms. The number of hydrogen-bond donors (Lipinski definition) is 1. The van der Waals surface area contributed by atoms with Crippen molar-refractivity contribution < 1.29 is 13.5 Å². The molecule has 1 aliphatic heterocycles. The van der Waals surface area contributed by atoms with Gasteiger partial charge in [-0.2, -0.15) is 4.31 Å². The Kier molecular flexibility index (Phi) is 4.90. The lowest BCUT2D eigenvalue weighted by Crippen LogP contribution is -2.41. The molecular formula is C14H19Cl2NO3S. The van der Waals surface area contributed by atoms with Crippen LogP contribution in [0, 0.1) is 5.41 Å². The third-order valence-electron chi connectivity index (χ3n) is 4.00. The van der Waals surface area contributed by atoms with Gasteiger partial charge in [0.25, 0.3) is 0 Å². The molecule has 1 fully saturated rings. The van der Waals surface area contributed by atoms with Gasteiger partial charge in [0.15, 0.2) is 0 Å². The number of benzene rings is 1. The smallest absolute Gasteiger partial charge is 0.244 e. The van der Waals surface area contributed by atoms with Gasteiger partial charge in [-0.15, -0.1) is 0 Å². The molecule has 0 bridgehead atoms. The van der Waals surface area contributed by atoms with Gasteiger partial charge >= 0.3 is 0 Å². The summed E-state index contributed by atoms with van der Waals surface area (Å²) in [5.74, 6) is 0. The zero-order valence-electron chi connectivity index (χ0n) is 12.1. The first-order chi connectivity index (χ1) is 9.69. The molecule has 0 aromatic heterocycles. The van der Waals surface area contributed by atoms with E-state index in [1.807, 2.05) is 0 Å². The Balaban J connectivity index is 2.37. The monoisotopic (exact) mass is 351 g/mol. The van der Waals surface area contributed by atoms with Gasteiger partial charge in [0.1, 0.15) is 4.90 Å². The molecule has 0 saturated carbocycles. The summed E-state index contributed by atoms with van der Waals surface area (Å²) in [7, 11) is -3.66. The number of rotatable bonds is 3. The SMILES string of the molecule is CC1(C)CCN(S(=O)(=O)c2ccc(Cl)c(CO)c2Cl)CC1. The van der Waals surface area contributed by atoms with Crippen LogP contribution in [0.3, 0.4) is 0 Å². The second-order valence-electron chi connectivity index (χ2n) is 6.06. The number of nitrogens with zero attached hydrogens (tertiary/aromatic N) is 1. The molecule has 0 unspecified atom stereocenters. The van der Waals surface area contributed by atoms with Crippen LogP contribution in [-0.2, 0) is 16.6 Å². The Bertz CT molecular complexity index is 634. The fourth-order valence-corrected chi connectivity index (χ4v) is 4.71. The van der Waals surface area contributed by atoms with Gasteiger partial charge in [0.05, 0.1) is 11.6 Å². The van der Waals surface area contributed by atoms with Crippen LogP contribution in [0.1, 0.15) is 32.3 Å². The van der Waals surface area contributed by atoms with E-state index in [4.69, 9.17) is 23.2 Å². The van der Waals surface area contributed by atoms with Crippen molar-refractivity contribution in [2.24, 2.45) is 5.41 Å². The zero-order chi connectivity index (χ0) is 15.8. The van der Waals surface area contributed by atoms with Crippen molar-refractivity contribution in [1.29, 1.82) is 0 Å². The lowest BCUT2D eigenvalue weighted by Gasteiger charge is -2.36. The van der Waals surface area contributed by atoms with E-state index in [0.29, 0.717) is 13.1 Å². The molecule has 4 nitrogen and oxygen atoms in total. The van der Waals surface area contributed by atoms with Crippen molar-refractivity contribution in [3.8, 4) is 0 Å². The second kappa shape index (κ2) is 6.05. The maximum Gasteiger partial charge on any atom is 0.244 e. The van der Waals surface area contributed by atoms with E-state index in [-0.39, 0.29) is 25.9 Å². The first kappa shape index (κ1) is 17.0. The van der Waals surface area contributed by atoms with Crippen molar-refractivity contribution in [2.45, 2.75) is 38.2 Å². The molecule has 1 saturated heterocycles. The largest absolute Gasteiger partial charge is 0.392 e. The number of piperidine rings is 1. The number of halogens is 2. The summed E-state index contributed by atoms with van der Waals surface area (Å²) < 4.78 is 26.9. The molecule has 1 aromatic carbocycles. The highest BCUT2D eigenvalue weighted by Gasteiger charge is 2.34. The van der Waals surface area contributed by atoms with Crippen LogP contribution in [0.25, 0.3) is 0 Å². The van der Waals surface area contributed by atoms with Crippen LogP contribution < -0.4 is 0 Å². The average Bonchev–Trinajstić information content (AvgIpc) is 2.38. The fourth-order valence-electron chi connectivity index (χ4n) is 2.39. The molecule has 1 heterocycles. The molecule has 0 amide bonds. The Morgan fingerprint density at radius 1 is 1.24 bits per heavy atom. The standard InChI is InChI=1S/C14H19Cl2NO3S/c1-14(2)5-7-17(8-6-14)21(19,20)12-4-3-11(15)10(9-18)13(12)16/h3-4,18H,5-9H2,1-2H3. The molecule has 0 atom stereocenters. The Morgan fingerprint density at radius 2 is 1.81 bits per heavy atom. The number of aliphatic hydroxyl groups is 1. The molecule has 1 aliphatic rings. The Labute approximate surface area is 135 Å². The maximum atomic E-state index is 12.7. The quantitative estimate of drug-likeness (QED) is 0.908. The molecule has 1 aromatic rings. The maximum absolute atomic E-state index is 12.7. The van der Waals surface area contributed by atoms with E-state index >= 15 is 0 Å². The van der Waals surface area contributed by atoms with Crippen LogP contribution in [0.4, 0.5) is 0 Å². The van der Waals surface area contributed by atoms with Gasteiger partial charge in [0.2, 0.25) is 10.0 Å². The van der Waals surface area contributed by atoms with E-state index in [9.17, 15) is 13.5 Å². The van der Waals surface area contributed by atoms with Crippen LogP contribution in [-0.4, -0.2) is 30.9 Å². The van der Waals surface area contributed by atoms with Crippen LogP contribution >= 0.6 is 23.2 Å². The van der Waals surface area contributed by atoms with E-state index in [1.165, 1.54) is 16.4 Å². The van der Waals surface area contributed by atoms with E-state index < -0.39 is 16.6 Å². The molecule has 21 heavy (non-hydrogen) atoms. The average molecular weight is 352 g/mol. The van der Waals surface area contributed by atoms with Crippen molar-refractivity contribution >= 4 is 33.2 Å². The minimum atomic E-state index is -3.66. The summed E-state index contributed by atoms with van der Waals surface area (Å²) in [5, 5.41) is 9.57. The normalized spacial score (nSPS) is 19.7. The molecule has 1 N–H and O–H groups in total. The van der Waals surface area contributed by atoms with E-state index in [1.54, 1.807) is 0 Å². The molecule has 7 heteroatoms. The first-order valence-corrected chi connectivity index (χ1v) is 8.96. The van der Waals surface area contributed by atoms with Crippen molar-refractivity contribution in [3.63, 3.8) is 0 Å². The molecular weight excluding hydrogens is 333 g/mol. The fraction of sp³-hybridized carbons (Fsp3) is 0.571. The van der Waals surface area contributed by atoms with Gasteiger partial charge in [-0.3, -0.25) is 0 Å². The van der Waals surface area contributed by atoms with Gasteiger partial charge in [0, 0.05) is 23.7 Å². The summed E-state index contributed by atoms with van der Waals surface area (Å²) in [5.41, 5.74) is 0.406. The van der Waals surface area contributed by atoms with Gasteiger partial charge in [-0.05, 0) is 30.4 Å². The molecule has 0 aliphatic carbocycles. The third-order valence-corrected chi connectivity index (χ3v) is 6.84. The lowest BCUT2D eigenvalue weighted by atomic mass is 9.83. The number of aliphatic hydroxyl groups excluding tert-OH is 1. The summed E-state index contributed by atoms with van der Waals surface area (Å²) in [6, 6.07) is 2.86. The van der Waals surface area contributed by atoms with Gasteiger partial charge < -0.3 is 5.11 Å². The molecule has 2 rings (SSSR count). The van der Waals surface area contributed by atoms with Crippen molar-refractivity contribution in [3.05, 3.63) is 27.7 Å². The minimum Gasteiger partial charge on any atom is -0.392 e. The first-order valence-electron chi connectivity index (χ1n) is 6.77. The van der Waals surface area contributed by atoms with E-state index in [2.05, 4.69) is 13.8 Å². The Hall–Kier alpha value is -0.330. The highest BCUT2D eigenvalue weighted by molar-refractivity contribution is 7.89. The van der Waals surface area contributed by atoms with Gasteiger partial charge in [-0.25, -0.2) is 8.42 Å². The zero-order valence-corrected chi connectivity index (χ0v) is 14.4. The highest BCUT2D eigenvalue weighted by Crippen LogP contribution is 2.36. The number of hydrogen-bond acceptors (Lipinski definition) is 3. The van der Waals surface area contributed by atoms with E-state index in [0.717, 1.165) is 12.8 Å². The Morgan fingerprint density at radius 3 is 2.33 bits per heavy atom. The van der Waals surface area contributed by atoms with Crippen molar-refractivity contribution in [1.82, 2.24) is 4.31 Å². The molecule has 0 radical (unpaired) electrons. The van der Waals surface area contributed by atoms with Crippen molar-refractivity contribution in [2.75, 3.05) is 13.1 Å².